The number of piperidine rings is 1. The molecule has 0 unspecified atom stereocenters. The largest absolute Gasteiger partial charge is 0.478 e. The average Bonchev–Trinajstić information content (AvgIpc) is 3.17. The monoisotopic (exact) mass is 363 g/mol. The number of rotatable bonds is 5. The van der Waals surface area contributed by atoms with Crippen LogP contribution >= 0.6 is 0 Å². The van der Waals surface area contributed by atoms with Crippen molar-refractivity contribution in [2.75, 3.05) is 18.0 Å². The molecule has 7 nitrogen and oxygen atoms in total. The average molecular weight is 363 g/mol. The van der Waals surface area contributed by atoms with Gasteiger partial charge in [-0.2, -0.15) is 0 Å². The number of pyridine rings is 2. The summed E-state index contributed by atoms with van der Waals surface area (Å²) in [5.74, 6) is 1.42. The molecule has 0 aromatic carbocycles. The highest BCUT2D eigenvalue weighted by Gasteiger charge is 2.24. The number of carboxylic acids is 1. The minimum atomic E-state index is -0.950. The zero-order chi connectivity index (χ0) is 18.6. The number of hydrogen-bond donors (Lipinski definition) is 1. The van der Waals surface area contributed by atoms with E-state index in [9.17, 15) is 4.79 Å². The summed E-state index contributed by atoms with van der Waals surface area (Å²) in [5.41, 5.74) is 1.43. The maximum atomic E-state index is 11.0. The van der Waals surface area contributed by atoms with Gasteiger partial charge in [0.05, 0.1) is 5.56 Å². The second-order valence-corrected chi connectivity index (χ2v) is 6.74. The molecule has 1 aliphatic rings. The molecule has 4 rings (SSSR count). The van der Waals surface area contributed by atoms with Crippen LogP contribution in [0.5, 0.6) is 0 Å². The van der Waals surface area contributed by atoms with Crippen molar-refractivity contribution in [3.8, 4) is 0 Å². The van der Waals surface area contributed by atoms with Crippen LogP contribution in [0.2, 0.25) is 0 Å². The molecular weight excluding hydrogens is 342 g/mol. The van der Waals surface area contributed by atoms with Crippen LogP contribution in [0.4, 0.5) is 5.82 Å². The van der Waals surface area contributed by atoms with E-state index in [2.05, 4.69) is 24.4 Å². The Morgan fingerprint density at radius 1 is 1.07 bits per heavy atom. The molecule has 27 heavy (non-hydrogen) atoms. The molecule has 1 saturated heterocycles. The first-order valence-electron chi connectivity index (χ1n) is 9.05. The first-order chi connectivity index (χ1) is 13.2. The predicted molar refractivity (Wildman–Crippen MR) is 101 cm³/mol. The number of aromatic nitrogens is 4. The molecule has 3 aromatic heterocycles. The third kappa shape index (κ3) is 3.81. The molecule has 4 heterocycles. The Balaban J connectivity index is 1.41. The Kier molecular flexibility index (Phi) is 4.82. The van der Waals surface area contributed by atoms with Gasteiger partial charge in [0.2, 0.25) is 0 Å². The van der Waals surface area contributed by atoms with Crippen molar-refractivity contribution in [3.63, 3.8) is 0 Å². The van der Waals surface area contributed by atoms with E-state index >= 15 is 0 Å². The van der Waals surface area contributed by atoms with Gasteiger partial charge in [0.15, 0.2) is 0 Å². The standard InChI is InChI=1S/C20H21N5O2/c26-20(27)17-1-2-18(23-13-17)24-10-5-16(6-11-24)19-22-9-12-25(19)14-15-3-7-21-8-4-15/h1-4,7-9,12-13,16H,5-6,10-11,14H2,(H,26,27). The van der Waals surface area contributed by atoms with Gasteiger partial charge >= 0.3 is 5.97 Å². The van der Waals surface area contributed by atoms with Crippen LogP contribution < -0.4 is 4.90 Å². The highest BCUT2D eigenvalue weighted by Crippen LogP contribution is 2.29. The molecule has 3 aromatic rings. The highest BCUT2D eigenvalue weighted by molar-refractivity contribution is 5.87. The molecule has 0 bridgehead atoms. The maximum absolute atomic E-state index is 11.0. The molecule has 1 fully saturated rings. The molecule has 0 amide bonds. The molecule has 0 aliphatic carbocycles. The lowest BCUT2D eigenvalue weighted by Crippen LogP contribution is -2.34. The van der Waals surface area contributed by atoms with Gasteiger partial charge in [-0.05, 0) is 42.7 Å². The maximum Gasteiger partial charge on any atom is 0.337 e. The Morgan fingerprint density at radius 3 is 2.52 bits per heavy atom. The first kappa shape index (κ1) is 17.2. The van der Waals surface area contributed by atoms with Crippen LogP contribution in [0.3, 0.4) is 0 Å². The number of anilines is 1. The number of hydrogen-bond acceptors (Lipinski definition) is 5. The number of nitrogens with zero attached hydrogens (tertiary/aromatic N) is 5. The van der Waals surface area contributed by atoms with Crippen LogP contribution in [0, 0.1) is 0 Å². The fraction of sp³-hybridized carbons (Fsp3) is 0.300. The van der Waals surface area contributed by atoms with Crippen LogP contribution in [-0.2, 0) is 6.54 Å². The van der Waals surface area contributed by atoms with E-state index in [1.54, 1.807) is 12.1 Å². The number of carbonyl (C=O) groups is 1. The third-order valence-electron chi connectivity index (χ3n) is 5.03. The fourth-order valence-corrected chi connectivity index (χ4v) is 3.57. The Labute approximate surface area is 157 Å². The minimum Gasteiger partial charge on any atom is -0.478 e. The summed E-state index contributed by atoms with van der Waals surface area (Å²) in [7, 11) is 0. The van der Waals surface area contributed by atoms with E-state index in [1.165, 1.54) is 11.8 Å². The SMILES string of the molecule is O=C(O)c1ccc(N2CCC(c3nccn3Cc3ccncc3)CC2)nc1. The molecule has 0 atom stereocenters. The quantitative estimate of drug-likeness (QED) is 0.750. The second-order valence-electron chi connectivity index (χ2n) is 6.74. The summed E-state index contributed by atoms with van der Waals surface area (Å²) in [6, 6.07) is 7.45. The van der Waals surface area contributed by atoms with E-state index in [0.29, 0.717) is 5.92 Å². The van der Waals surface area contributed by atoms with Crippen molar-refractivity contribution < 1.29 is 9.90 Å². The molecular formula is C20H21N5O2. The molecule has 1 aliphatic heterocycles. The summed E-state index contributed by atoms with van der Waals surface area (Å²) in [6.07, 6.45) is 10.9. The van der Waals surface area contributed by atoms with E-state index in [4.69, 9.17) is 5.11 Å². The van der Waals surface area contributed by atoms with Crippen molar-refractivity contribution in [1.82, 2.24) is 19.5 Å². The Morgan fingerprint density at radius 2 is 1.85 bits per heavy atom. The van der Waals surface area contributed by atoms with Gasteiger partial charge in [0.1, 0.15) is 11.6 Å². The molecule has 0 spiro atoms. The van der Waals surface area contributed by atoms with E-state index in [1.807, 2.05) is 36.9 Å². The number of aromatic carboxylic acids is 1. The predicted octanol–water partition coefficient (Wildman–Crippen LogP) is 2.80. The molecule has 0 radical (unpaired) electrons. The fourth-order valence-electron chi connectivity index (χ4n) is 3.57. The Hall–Kier alpha value is -3.22. The van der Waals surface area contributed by atoms with Gasteiger partial charge in [0.25, 0.3) is 0 Å². The summed E-state index contributed by atoms with van der Waals surface area (Å²) in [6.45, 7) is 2.56. The van der Waals surface area contributed by atoms with Gasteiger partial charge in [-0.3, -0.25) is 4.98 Å². The van der Waals surface area contributed by atoms with Crippen molar-refractivity contribution in [2.45, 2.75) is 25.3 Å². The second kappa shape index (κ2) is 7.57. The zero-order valence-corrected chi connectivity index (χ0v) is 14.9. The van der Waals surface area contributed by atoms with Crippen LogP contribution in [0.15, 0.2) is 55.2 Å². The molecule has 138 valence electrons. The number of carboxylic acid groups (broad SMARTS) is 1. The summed E-state index contributed by atoms with van der Waals surface area (Å²) in [5, 5.41) is 8.99. The van der Waals surface area contributed by atoms with Crippen molar-refractivity contribution in [3.05, 3.63) is 72.2 Å². The summed E-state index contributed by atoms with van der Waals surface area (Å²) < 4.78 is 2.22. The zero-order valence-electron chi connectivity index (χ0n) is 14.9. The first-order valence-corrected chi connectivity index (χ1v) is 9.05. The lowest BCUT2D eigenvalue weighted by atomic mass is 9.95. The normalized spacial score (nSPS) is 15.0. The van der Waals surface area contributed by atoms with E-state index in [0.717, 1.165) is 44.1 Å². The van der Waals surface area contributed by atoms with Crippen molar-refractivity contribution in [1.29, 1.82) is 0 Å². The van der Waals surface area contributed by atoms with Gasteiger partial charge in [-0.1, -0.05) is 0 Å². The van der Waals surface area contributed by atoms with Gasteiger partial charge in [-0.25, -0.2) is 14.8 Å². The van der Waals surface area contributed by atoms with Crippen LogP contribution in [-0.4, -0.2) is 43.7 Å². The van der Waals surface area contributed by atoms with Crippen LogP contribution in [0.1, 0.15) is 40.5 Å². The van der Waals surface area contributed by atoms with Gasteiger partial charge in [0, 0.05) is 56.5 Å². The van der Waals surface area contributed by atoms with E-state index < -0.39 is 5.97 Å². The Bertz CT molecular complexity index is 900. The minimum absolute atomic E-state index is 0.215. The molecule has 0 saturated carbocycles. The number of imidazole rings is 1. The third-order valence-corrected chi connectivity index (χ3v) is 5.03. The van der Waals surface area contributed by atoms with Crippen LogP contribution in [0.25, 0.3) is 0 Å². The molecule has 1 N–H and O–H groups in total. The smallest absolute Gasteiger partial charge is 0.337 e. The highest BCUT2D eigenvalue weighted by atomic mass is 16.4. The van der Waals surface area contributed by atoms with Gasteiger partial charge in [-0.15, -0.1) is 0 Å². The summed E-state index contributed by atoms with van der Waals surface area (Å²) in [4.78, 5) is 26.2. The van der Waals surface area contributed by atoms with E-state index in [-0.39, 0.29) is 5.56 Å². The topological polar surface area (TPSA) is 84.1 Å². The summed E-state index contributed by atoms with van der Waals surface area (Å²) >= 11 is 0. The molecule has 7 heteroatoms. The lowest BCUT2D eigenvalue weighted by Gasteiger charge is -2.32. The lowest BCUT2D eigenvalue weighted by molar-refractivity contribution is 0.0696. The van der Waals surface area contributed by atoms with Crippen molar-refractivity contribution in [2.24, 2.45) is 0 Å². The van der Waals surface area contributed by atoms with Crippen molar-refractivity contribution >= 4 is 11.8 Å². The van der Waals surface area contributed by atoms with Gasteiger partial charge < -0.3 is 14.6 Å².